The number of phenolic OH excluding ortho intramolecular Hbond substituents is 1. The van der Waals surface area contributed by atoms with Gasteiger partial charge in [-0.05, 0) is 66.5 Å². The van der Waals surface area contributed by atoms with Crippen molar-refractivity contribution < 1.29 is 19.8 Å². The van der Waals surface area contributed by atoms with Gasteiger partial charge in [-0.25, -0.2) is 0 Å². The molecule has 42 heavy (non-hydrogen) atoms. The topological polar surface area (TPSA) is 108 Å². The molecule has 0 fully saturated rings. The van der Waals surface area contributed by atoms with Crippen LogP contribution in [0.15, 0.2) is 60.7 Å². The number of carboxylic acid groups (broad SMARTS) is 1. The van der Waals surface area contributed by atoms with E-state index in [4.69, 9.17) is 5.41 Å². The van der Waals surface area contributed by atoms with Crippen molar-refractivity contribution in [3.05, 3.63) is 94.1 Å². The van der Waals surface area contributed by atoms with Gasteiger partial charge >= 0.3 is 5.97 Å². The van der Waals surface area contributed by atoms with E-state index in [2.05, 4.69) is 0 Å². The highest BCUT2D eigenvalue weighted by Crippen LogP contribution is 2.40. The van der Waals surface area contributed by atoms with Crippen LogP contribution in [0.3, 0.4) is 0 Å². The molecule has 7 heteroatoms. The summed E-state index contributed by atoms with van der Waals surface area (Å²) in [5, 5.41) is 29.6. The lowest BCUT2D eigenvalue weighted by atomic mass is 9.78. The highest BCUT2D eigenvalue weighted by Gasteiger charge is 2.29. The number of benzene rings is 3. The van der Waals surface area contributed by atoms with E-state index in [1.54, 1.807) is 30.5 Å². The Morgan fingerprint density at radius 1 is 0.762 bits per heavy atom. The molecule has 0 radical (unpaired) electrons. The molecule has 4 aromatic rings. The van der Waals surface area contributed by atoms with E-state index in [1.807, 2.05) is 94.6 Å². The zero-order valence-electron chi connectivity index (χ0n) is 26.0. The van der Waals surface area contributed by atoms with E-state index in [0.29, 0.717) is 18.5 Å². The Morgan fingerprint density at radius 2 is 1.24 bits per heavy atom. The number of ketones is 1. The van der Waals surface area contributed by atoms with E-state index in [9.17, 15) is 19.8 Å². The highest BCUT2D eigenvalue weighted by molar-refractivity contribution is 5.97. The number of para-hydroxylation sites is 2. The molecule has 0 atom stereocenters. The Hall–Kier alpha value is -4.13. The predicted octanol–water partition coefficient (Wildman–Crippen LogP) is 6.81. The maximum Gasteiger partial charge on any atom is 0.309 e. The van der Waals surface area contributed by atoms with Crippen LogP contribution in [0, 0.1) is 10.8 Å². The van der Waals surface area contributed by atoms with Crippen molar-refractivity contribution >= 4 is 22.8 Å². The van der Waals surface area contributed by atoms with Gasteiger partial charge in [-0.1, -0.05) is 77.9 Å². The minimum absolute atomic E-state index is 0.00645. The fourth-order valence-electron chi connectivity index (χ4n) is 5.32. The van der Waals surface area contributed by atoms with Gasteiger partial charge in [-0.2, -0.15) is 0 Å². The quantitative estimate of drug-likeness (QED) is 0.203. The van der Waals surface area contributed by atoms with E-state index < -0.39 is 11.4 Å². The fraction of sp³-hybridized carbons (Fsp3) is 0.400. The second kappa shape index (κ2) is 10.9. The minimum Gasteiger partial charge on any atom is -0.507 e. The van der Waals surface area contributed by atoms with Crippen LogP contribution in [0.5, 0.6) is 5.75 Å². The van der Waals surface area contributed by atoms with Crippen LogP contribution in [0.1, 0.15) is 88.0 Å². The Labute approximate surface area is 248 Å². The molecule has 0 unspecified atom stereocenters. The Balaban J connectivity index is 1.70. The molecule has 0 spiro atoms. The number of nitrogens with one attached hydrogen (secondary N) is 1. The summed E-state index contributed by atoms with van der Waals surface area (Å²) in [4.78, 5) is 25.3. The summed E-state index contributed by atoms with van der Waals surface area (Å²) in [6.45, 7) is 16.0. The van der Waals surface area contributed by atoms with Crippen LogP contribution in [0.25, 0.3) is 11.0 Å². The van der Waals surface area contributed by atoms with Crippen LogP contribution < -0.4 is 5.62 Å². The summed E-state index contributed by atoms with van der Waals surface area (Å²) in [6.07, 6.45) is 0.423. The van der Waals surface area contributed by atoms with Crippen LogP contribution in [-0.2, 0) is 35.1 Å². The van der Waals surface area contributed by atoms with Crippen molar-refractivity contribution in [2.75, 3.05) is 0 Å². The number of aromatic hydroxyl groups is 1. The second-order valence-corrected chi connectivity index (χ2v) is 14.0. The third kappa shape index (κ3) is 6.20. The average molecular weight is 570 g/mol. The number of aliphatic carboxylic acids is 1. The average Bonchev–Trinajstić information content (AvgIpc) is 3.14. The highest BCUT2D eigenvalue weighted by atomic mass is 16.4. The normalized spacial score (nSPS) is 12.6. The van der Waals surface area contributed by atoms with Crippen molar-refractivity contribution in [2.24, 2.45) is 5.41 Å². The number of fused-ring (bicyclic) bond motifs is 1. The number of hydrogen-bond acceptors (Lipinski definition) is 4. The van der Waals surface area contributed by atoms with E-state index in [1.165, 1.54) is 0 Å². The molecule has 0 bridgehead atoms. The summed E-state index contributed by atoms with van der Waals surface area (Å²) in [5.74, 6) is -0.729. The van der Waals surface area contributed by atoms with Crippen LogP contribution in [-0.4, -0.2) is 31.1 Å². The van der Waals surface area contributed by atoms with Crippen molar-refractivity contribution in [3.63, 3.8) is 0 Å². The van der Waals surface area contributed by atoms with Gasteiger partial charge in [0, 0.05) is 16.7 Å². The minimum atomic E-state index is -0.858. The van der Waals surface area contributed by atoms with Gasteiger partial charge in [0.05, 0.1) is 29.5 Å². The van der Waals surface area contributed by atoms with E-state index in [0.717, 1.165) is 33.3 Å². The number of nitrogens with zero attached hydrogens (tertiary/aromatic N) is 2. The third-order valence-corrected chi connectivity index (χ3v) is 7.91. The molecule has 0 aliphatic heterocycles. The maximum absolute atomic E-state index is 13.8. The summed E-state index contributed by atoms with van der Waals surface area (Å²) >= 11 is 0. The number of phenols is 1. The molecule has 0 saturated carbocycles. The standard InChI is InChI=1S/C35H43N3O4/c1-33(2,3)25-17-24(18-26(30(25)40)34(4,5)6)29(39)21-38-28-12-10-9-11-27(28)37(32(38)36)20-23-15-13-22(14-16-23)19-35(7,8)31(41)42/h9-18,36,40H,19-21H2,1-8H3,(H,41,42). The molecule has 0 amide bonds. The molecule has 3 N–H and O–H groups in total. The monoisotopic (exact) mass is 569 g/mol. The first-order valence-electron chi connectivity index (χ1n) is 14.3. The first-order valence-corrected chi connectivity index (χ1v) is 14.3. The van der Waals surface area contributed by atoms with Gasteiger partial charge in [-0.3, -0.25) is 15.0 Å². The fourth-order valence-corrected chi connectivity index (χ4v) is 5.32. The Bertz CT molecular complexity index is 1670. The van der Waals surface area contributed by atoms with E-state index in [-0.39, 0.29) is 34.5 Å². The predicted molar refractivity (Wildman–Crippen MR) is 166 cm³/mol. The van der Waals surface area contributed by atoms with Crippen molar-refractivity contribution in [1.29, 1.82) is 5.41 Å². The number of imidazole rings is 1. The molecule has 0 saturated heterocycles. The lowest BCUT2D eigenvalue weighted by Gasteiger charge is -2.28. The molecule has 7 nitrogen and oxygen atoms in total. The number of Topliss-reactive ketones (excluding diaryl/α,β-unsaturated/α-hetero) is 1. The smallest absolute Gasteiger partial charge is 0.309 e. The SMILES string of the molecule is CC(C)(Cc1ccc(Cn2c(=N)n(CC(=O)c3cc(C(C)(C)C)c(O)c(C(C)(C)C)c3)c3ccccc32)cc1)C(=O)O. The molecule has 4 rings (SSSR count). The Kier molecular flexibility index (Phi) is 8.02. The number of hydrogen-bond donors (Lipinski definition) is 3. The largest absolute Gasteiger partial charge is 0.507 e. The summed E-state index contributed by atoms with van der Waals surface area (Å²) in [5.41, 5.74) is 4.17. The van der Waals surface area contributed by atoms with Gasteiger partial charge in [0.15, 0.2) is 5.78 Å². The summed E-state index contributed by atoms with van der Waals surface area (Å²) in [7, 11) is 0. The van der Waals surface area contributed by atoms with Gasteiger partial charge < -0.3 is 19.3 Å². The first-order chi connectivity index (χ1) is 19.4. The summed E-state index contributed by atoms with van der Waals surface area (Å²) in [6, 6.07) is 19.1. The molecular weight excluding hydrogens is 526 g/mol. The second-order valence-electron chi connectivity index (χ2n) is 14.0. The number of aromatic nitrogens is 2. The van der Waals surface area contributed by atoms with Gasteiger partial charge in [0.1, 0.15) is 5.75 Å². The zero-order valence-corrected chi connectivity index (χ0v) is 26.0. The molecule has 0 aliphatic carbocycles. The molecule has 1 heterocycles. The molecule has 0 aliphatic rings. The van der Waals surface area contributed by atoms with Gasteiger partial charge in [0.2, 0.25) is 5.62 Å². The van der Waals surface area contributed by atoms with Crippen molar-refractivity contribution in [3.8, 4) is 5.75 Å². The number of carboxylic acids is 1. The van der Waals surface area contributed by atoms with Crippen LogP contribution >= 0.6 is 0 Å². The number of carbonyl (C=O) groups excluding carboxylic acids is 1. The molecule has 1 aromatic heterocycles. The first kappa shape index (κ1) is 30.8. The third-order valence-electron chi connectivity index (χ3n) is 7.91. The van der Waals surface area contributed by atoms with Crippen molar-refractivity contribution in [2.45, 2.75) is 85.7 Å². The van der Waals surface area contributed by atoms with Gasteiger partial charge in [0.25, 0.3) is 0 Å². The lowest BCUT2D eigenvalue weighted by molar-refractivity contribution is -0.146. The van der Waals surface area contributed by atoms with Crippen LogP contribution in [0.4, 0.5) is 0 Å². The van der Waals surface area contributed by atoms with E-state index >= 15 is 0 Å². The number of carbonyl (C=O) groups is 2. The number of rotatable bonds is 8. The van der Waals surface area contributed by atoms with Gasteiger partial charge in [-0.15, -0.1) is 0 Å². The van der Waals surface area contributed by atoms with Crippen LogP contribution in [0.2, 0.25) is 0 Å². The Morgan fingerprint density at radius 3 is 1.71 bits per heavy atom. The molecule has 222 valence electrons. The molecular formula is C35H43N3O4. The zero-order chi connectivity index (χ0) is 31.2. The summed E-state index contributed by atoms with van der Waals surface area (Å²) < 4.78 is 3.62. The lowest BCUT2D eigenvalue weighted by Crippen LogP contribution is -2.28. The maximum atomic E-state index is 13.8. The van der Waals surface area contributed by atoms with Crippen molar-refractivity contribution in [1.82, 2.24) is 9.13 Å². The molecule has 3 aromatic carbocycles.